The van der Waals surface area contributed by atoms with Crippen LogP contribution in [0.3, 0.4) is 0 Å². The first-order valence-corrected chi connectivity index (χ1v) is 38.0. The predicted molar refractivity (Wildman–Crippen MR) is 465 cm³/mol. The molecule has 0 spiro atoms. The fraction of sp³-hybridized carbons (Fsp3) is 0. The number of benzene rings is 18. The van der Waals surface area contributed by atoms with Crippen LogP contribution in [0.15, 0.2) is 394 Å². The first-order valence-electron chi connectivity index (χ1n) is 38.0. The van der Waals surface area contributed by atoms with Crippen LogP contribution < -0.4 is 0 Å². The summed E-state index contributed by atoms with van der Waals surface area (Å²) in [6.45, 7) is 0. The van der Waals surface area contributed by atoms with Gasteiger partial charge in [0.15, 0.2) is 5.82 Å². The molecular weight excluding hydrogens is 1350 g/mol. The zero-order valence-electron chi connectivity index (χ0n) is 60.2. The van der Waals surface area contributed by atoms with Gasteiger partial charge < -0.3 is 22.8 Å². The van der Waals surface area contributed by atoms with Crippen LogP contribution in [0.25, 0.3) is 215 Å². The Kier molecular flexibility index (Phi) is 13.9. The second kappa shape index (κ2) is 24.8. The van der Waals surface area contributed by atoms with Gasteiger partial charge in [0.2, 0.25) is 0 Å². The molecule has 111 heavy (non-hydrogen) atoms. The molecule has 0 radical (unpaired) electrons. The van der Waals surface area contributed by atoms with Gasteiger partial charge in [-0.2, -0.15) is 0 Å². The number of fused-ring (bicyclic) bond motifs is 9. The molecule has 24 rings (SSSR count). The highest BCUT2D eigenvalue weighted by atomic mass is 15.0. The number of aromatic nitrogens is 7. The van der Waals surface area contributed by atoms with Gasteiger partial charge in [-0.25, -0.2) is 9.97 Å². The molecule has 516 valence electrons. The average molecular weight is 1410 g/mol. The van der Waals surface area contributed by atoms with Crippen LogP contribution in [-0.2, 0) is 0 Å². The normalized spacial score (nSPS) is 12.0. The van der Waals surface area contributed by atoms with Gasteiger partial charge in [0, 0.05) is 99.0 Å². The van der Waals surface area contributed by atoms with E-state index in [1.165, 1.54) is 176 Å². The maximum atomic E-state index is 5.09. The Bertz CT molecular complexity index is 7720. The molecule has 7 nitrogen and oxygen atoms in total. The van der Waals surface area contributed by atoms with Crippen LogP contribution >= 0.6 is 0 Å². The second-order valence-corrected chi connectivity index (χ2v) is 29.1. The number of nitrogens with zero attached hydrogens (tertiary/aromatic N) is 7. The van der Waals surface area contributed by atoms with Gasteiger partial charge >= 0.3 is 0 Å². The predicted octanol–water partition coefficient (Wildman–Crippen LogP) is 27.2. The van der Waals surface area contributed by atoms with Gasteiger partial charge in [0.1, 0.15) is 0 Å². The molecular formula is C104H65N7. The molecule has 6 aromatic heterocycles. The highest BCUT2D eigenvalue weighted by Gasteiger charge is 2.25. The summed E-state index contributed by atoms with van der Waals surface area (Å²) in [5, 5.41) is 17.8. The van der Waals surface area contributed by atoms with Crippen molar-refractivity contribution in [3.63, 3.8) is 0 Å². The van der Waals surface area contributed by atoms with Crippen LogP contribution in [0.2, 0.25) is 0 Å². The van der Waals surface area contributed by atoms with Crippen molar-refractivity contribution < 1.29 is 0 Å². The summed E-state index contributed by atoms with van der Waals surface area (Å²) in [5.74, 6) is 0.703. The lowest BCUT2D eigenvalue weighted by atomic mass is 9.94. The second-order valence-electron chi connectivity index (χ2n) is 29.1. The van der Waals surface area contributed by atoms with E-state index in [2.05, 4.69) is 405 Å². The van der Waals surface area contributed by atoms with E-state index in [1.54, 1.807) is 0 Å². The van der Waals surface area contributed by atoms with Gasteiger partial charge in [-0.05, 0) is 195 Å². The van der Waals surface area contributed by atoms with E-state index < -0.39 is 0 Å². The zero-order valence-corrected chi connectivity index (χ0v) is 60.2. The van der Waals surface area contributed by atoms with Crippen LogP contribution in [-0.4, -0.2) is 32.8 Å². The number of hydrogen-bond donors (Lipinski definition) is 0. The first kappa shape index (κ1) is 62.3. The molecule has 6 heterocycles. The fourth-order valence-electron chi connectivity index (χ4n) is 18.2. The van der Waals surface area contributed by atoms with Gasteiger partial charge in [-0.1, -0.05) is 243 Å². The third-order valence-corrected chi connectivity index (χ3v) is 23.1. The monoisotopic (exact) mass is 1410 g/mol. The molecule has 0 N–H and O–H groups in total. The summed E-state index contributed by atoms with van der Waals surface area (Å²) in [6.07, 6.45) is 0. The standard InChI is InChI=1S/C54H34N4.C50H31N3/c1-4-13-35(14-5-1)46-34-47(36-15-6-2-7-16-36)56-54(55-46)38-23-27-41(28-24-38)58-50-22-12-17-37-25-29-44-42(30-32-51(58)53(44)52(37)50)39-26-31-49-45(33-39)43-20-10-11-21-48(43)57(49)40-18-8-3-9-19-40;1-3-13-34(14-4-1)51-43-19-9-7-17-38(43)41-30-33(23-27-45(41)51)37-26-29-48-50-40(37)25-22-32-12-11-21-47(49(32)50)53(48)36-24-28-46-42(31-36)39-18-8-10-20-44(39)52(46)35-15-5-2-6-16-35/h1-34H;1-31H. The Morgan fingerprint density at radius 1 is 0.162 bits per heavy atom. The molecule has 0 amide bonds. The summed E-state index contributed by atoms with van der Waals surface area (Å²) < 4.78 is 12.0. The largest absolute Gasteiger partial charge is 0.309 e. The Balaban J connectivity index is 0.000000133. The molecule has 0 bridgehead atoms. The highest BCUT2D eigenvalue weighted by Crippen LogP contribution is 2.48. The third kappa shape index (κ3) is 9.72. The van der Waals surface area contributed by atoms with Crippen molar-refractivity contribution in [2.75, 3.05) is 0 Å². The number of para-hydroxylation sites is 6. The Labute approximate surface area is 638 Å². The Morgan fingerprint density at radius 3 is 0.919 bits per heavy atom. The van der Waals surface area contributed by atoms with Crippen LogP contribution in [0.4, 0.5) is 0 Å². The van der Waals surface area contributed by atoms with E-state index in [0.29, 0.717) is 5.82 Å². The molecule has 18 aromatic carbocycles. The summed E-state index contributed by atoms with van der Waals surface area (Å²) in [7, 11) is 0. The van der Waals surface area contributed by atoms with E-state index >= 15 is 0 Å². The van der Waals surface area contributed by atoms with Crippen molar-refractivity contribution in [3.8, 4) is 84.6 Å². The molecule has 7 heteroatoms. The molecule has 24 aromatic rings. The third-order valence-electron chi connectivity index (χ3n) is 23.1. The molecule has 0 aliphatic carbocycles. The van der Waals surface area contributed by atoms with Gasteiger partial charge in [-0.3, -0.25) is 0 Å². The molecule has 0 saturated carbocycles. The lowest BCUT2D eigenvalue weighted by Gasteiger charge is -2.12. The van der Waals surface area contributed by atoms with Gasteiger partial charge in [0.05, 0.1) is 66.6 Å². The minimum Gasteiger partial charge on any atom is -0.309 e. The van der Waals surface area contributed by atoms with E-state index in [9.17, 15) is 0 Å². The first-order chi connectivity index (χ1) is 55.1. The lowest BCUT2D eigenvalue weighted by Crippen LogP contribution is -1.97. The van der Waals surface area contributed by atoms with E-state index in [0.717, 1.165) is 33.8 Å². The maximum Gasteiger partial charge on any atom is 0.160 e. The highest BCUT2D eigenvalue weighted by molar-refractivity contribution is 6.29. The fourth-order valence-corrected chi connectivity index (χ4v) is 18.2. The average Bonchev–Trinajstić information content (AvgIpc) is 1.56. The molecule has 0 saturated heterocycles. The van der Waals surface area contributed by atoms with Crippen LogP contribution in [0.1, 0.15) is 0 Å². The van der Waals surface area contributed by atoms with Crippen molar-refractivity contribution in [3.05, 3.63) is 394 Å². The number of hydrogen-bond acceptors (Lipinski definition) is 2. The van der Waals surface area contributed by atoms with E-state index in [-0.39, 0.29) is 0 Å². The van der Waals surface area contributed by atoms with E-state index in [1.807, 2.05) is 12.1 Å². The topological polar surface area (TPSA) is 50.4 Å². The summed E-state index contributed by atoms with van der Waals surface area (Å²) in [5.41, 5.74) is 27.7. The van der Waals surface area contributed by atoms with Gasteiger partial charge in [0.25, 0.3) is 0 Å². The maximum absolute atomic E-state index is 5.09. The molecule has 0 unspecified atom stereocenters. The molecule has 0 aliphatic heterocycles. The van der Waals surface area contributed by atoms with Crippen LogP contribution in [0.5, 0.6) is 0 Å². The number of rotatable bonds is 10. The minimum absolute atomic E-state index is 0.703. The quantitative estimate of drug-likeness (QED) is 0.128. The summed E-state index contributed by atoms with van der Waals surface area (Å²) in [4.78, 5) is 10.2. The summed E-state index contributed by atoms with van der Waals surface area (Å²) in [6, 6.07) is 143. The van der Waals surface area contributed by atoms with Crippen molar-refractivity contribution >= 4 is 131 Å². The van der Waals surface area contributed by atoms with Crippen molar-refractivity contribution in [1.29, 1.82) is 0 Å². The lowest BCUT2D eigenvalue weighted by molar-refractivity contribution is 1.16. The molecule has 0 fully saturated rings. The molecule has 0 atom stereocenters. The van der Waals surface area contributed by atoms with E-state index in [4.69, 9.17) is 9.97 Å². The smallest absolute Gasteiger partial charge is 0.160 e. The van der Waals surface area contributed by atoms with Crippen LogP contribution in [0, 0.1) is 0 Å². The summed E-state index contributed by atoms with van der Waals surface area (Å²) >= 11 is 0. The van der Waals surface area contributed by atoms with Crippen molar-refractivity contribution in [2.45, 2.75) is 0 Å². The zero-order chi connectivity index (χ0) is 72.8. The molecule has 0 aliphatic rings. The Hall–Kier alpha value is -14.9. The SMILES string of the molecule is c1ccc(-c2cc(-c3ccccc3)nc(-c3ccc(-n4c5cccc6ccc7c(-c8ccc9c(c8)c8ccccc8n9-c8ccccc8)ccc4c7c65)cc3)n2)cc1.c1ccc(-n2c3ccccc3c3cc(-c4ccc5c6c4ccc4cccc(c46)n5-c4ccc5c(c4)c4ccccc4n5-c4ccccc4)ccc32)cc1. The minimum atomic E-state index is 0.703. The van der Waals surface area contributed by atoms with Crippen molar-refractivity contribution in [2.24, 2.45) is 0 Å². The van der Waals surface area contributed by atoms with Crippen molar-refractivity contribution in [1.82, 2.24) is 32.8 Å². The Morgan fingerprint density at radius 2 is 0.477 bits per heavy atom. The van der Waals surface area contributed by atoms with Gasteiger partial charge in [-0.15, -0.1) is 0 Å².